The highest BCUT2D eigenvalue weighted by Gasteiger charge is 2.11. The van der Waals surface area contributed by atoms with E-state index in [1.165, 1.54) is 7.11 Å². The molecule has 0 amide bonds. The zero-order chi connectivity index (χ0) is 12.7. The predicted molar refractivity (Wildman–Crippen MR) is 72.2 cm³/mol. The molecule has 3 nitrogen and oxygen atoms in total. The van der Waals surface area contributed by atoms with Crippen LogP contribution in [0, 0.1) is 0 Å². The summed E-state index contributed by atoms with van der Waals surface area (Å²) in [6, 6.07) is 11.1. The fourth-order valence-electron chi connectivity index (χ4n) is 2.16. The third-order valence-corrected chi connectivity index (χ3v) is 3.31. The molecule has 0 radical (unpaired) electrons. The highest BCUT2D eigenvalue weighted by atomic mass is 35.5. The van der Waals surface area contributed by atoms with Crippen LogP contribution in [0.3, 0.4) is 0 Å². The van der Waals surface area contributed by atoms with E-state index in [2.05, 4.69) is 4.98 Å². The van der Waals surface area contributed by atoms with Gasteiger partial charge in [-0.25, -0.2) is 4.79 Å². The molecule has 0 saturated heterocycles. The Hall–Kier alpha value is -2.00. The number of benzene rings is 2. The minimum absolute atomic E-state index is 0.346. The van der Waals surface area contributed by atoms with Crippen molar-refractivity contribution < 1.29 is 9.53 Å². The molecule has 0 atom stereocenters. The van der Waals surface area contributed by atoms with Crippen LogP contribution >= 0.6 is 11.6 Å². The van der Waals surface area contributed by atoms with Crippen LogP contribution in [-0.2, 0) is 4.74 Å². The Morgan fingerprint density at radius 3 is 2.83 bits per heavy atom. The largest absolute Gasteiger partial charge is 0.465 e. The fraction of sp³-hybridized carbons (Fsp3) is 0.0714. The number of fused-ring (bicyclic) bond motifs is 3. The van der Waals surface area contributed by atoms with Crippen LogP contribution in [0.15, 0.2) is 36.4 Å². The first-order valence-electron chi connectivity index (χ1n) is 5.49. The fourth-order valence-corrected chi connectivity index (χ4v) is 2.43. The number of esters is 1. The van der Waals surface area contributed by atoms with Gasteiger partial charge in [0.15, 0.2) is 0 Å². The molecule has 0 unspecified atom stereocenters. The Morgan fingerprint density at radius 1 is 1.22 bits per heavy atom. The standard InChI is InChI=1S/C14H10ClNO2/c1-18-14(17)8-5-6-9-12(7-8)16-11-4-2-3-10(15)13(9)11/h2-7,16H,1H3. The number of carbonyl (C=O) groups excluding carboxylic acids is 1. The van der Waals surface area contributed by atoms with Gasteiger partial charge in [-0.15, -0.1) is 0 Å². The lowest BCUT2D eigenvalue weighted by atomic mass is 10.1. The maximum atomic E-state index is 11.5. The van der Waals surface area contributed by atoms with E-state index in [1.807, 2.05) is 24.3 Å². The Labute approximate surface area is 108 Å². The molecule has 90 valence electrons. The summed E-state index contributed by atoms with van der Waals surface area (Å²) in [5.74, 6) is -0.346. The van der Waals surface area contributed by atoms with Crippen molar-refractivity contribution in [2.24, 2.45) is 0 Å². The molecule has 0 saturated carbocycles. The van der Waals surface area contributed by atoms with E-state index in [4.69, 9.17) is 16.3 Å². The van der Waals surface area contributed by atoms with Crippen LogP contribution in [0.2, 0.25) is 5.02 Å². The number of halogens is 1. The van der Waals surface area contributed by atoms with Gasteiger partial charge >= 0.3 is 5.97 Å². The molecule has 0 spiro atoms. The van der Waals surface area contributed by atoms with Gasteiger partial charge in [0.2, 0.25) is 0 Å². The lowest BCUT2D eigenvalue weighted by Gasteiger charge is -1.99. The number of ether oxygens (including phenoxy) is 1. The Morgan fingerprint density at radius 2 is 2.06 bits per heavy atom. The van der Waals surface area contributed by atoms with Crippen LogP contribution in [-0.4, -0.2) is 18.1 Å². The average Bonchev–Trinajstić information content (AvgIpc) is 2.76. The summed E-state index contributed by atoms with van der Waals surface area (Å²) < 4.78 is 4.70. The van der Waals surface area contributed by atoms with Crippen LogP contribution in [0.4, 0.5) is 0 Å². The summed E-state index contributed by atoms with van der Waals surface area (Å²) >= 11 is 6.20. The molecule has 0 fully saturated rings. The van der Waals surface area contributed by atoms with Crippen molar-refractivity contribution in [1.82, 2.24) is 4.98 Å². The van der Waals surface area contributed by atoms with E-state index in [0.29, 0.717) is 10.6 Å². The summed E-state index contributed by atoms with van der Waals surface area (Å²) in [6.45, 7) is 0. The molecule has 2 aromatic carbocycles. The summed E-state index contributed by atoms with van der Waals surface area (Å²) in [6.07, 6.45) is 0. The molecular formula is C14H10ClNO2. The van der Waals surface area contributed by atoms with Crippen molar-refractivity contribution in [2.45, 2.75) is 0 Å². The van der Waals surface area contributed by atoms with Gasteiger partial charge in [0, 0.05) is 21.8 Å². The molecule has 18 heavy (non-hydrogen) atoms. The molecule has 0 bridgehead atoms. The second-order valence-corrected chi connectivity index (χ2v) is 4.45. The molecule has 0 aliphatic rings. The number of aromatic amines is 1. The topological polar surface area (TPSA) is 42.1 Å². The normalized spacial score (nSPS) is 11.0. The maximum Gasteiger partial charge on any atom is 0.337 e. The first-order chi connectivity index (χ1) is 8.70. The van der Waals surface area contributed by atoms with Gasteiger partial charge in [-0.3, -0.25) is 0 Å². The Bertz CT molecular complexity index is 761. The van der Waals surface area contributed by atoms with Gasteiger partial charge in [-0.05, 0) is 24.3 Å². The first-order valence-corrected chi connectivity index (χ1v) is 5.87. The van der Waals surface area contributed by atoms with E-state index in [-0.39, 0.29) is 5.97 Å². The molecule has 1 aromatic heterocycles. The number of nitrogens with one attached hydrogen (secondary N) is 1. The molecule has 3 rings (SSSR count). The average molecular weight is 260 g/mol. The summed E-state index contributed by atoms with van der Waals surface area (Å²) in [4.78, 5) is 14.7. The molecule has 1 heterocycles. The number of hydrogen-bond acceptors (Lipinski definition) is 2. The number of methoxy groups -OCH3 is 1. The minimum Gasteiger partial charge on any atom is -0.465 e. The van der Waals surface area contributed by atoms with Gasteiger partial charge in [0.25, 0.3) is 0 Å². The molecule has 4 heteroatoms. The van der Waals surface area contributed by atoms with E-state index >= 15 is 0 Å². The van der Waals surface area contributed by atoms with Crippen LogP contribution < -0.4 is 0 Å². The van der Waals surface area contributed by atoms with Gasteiger partial charge < -0.3 is 9.72 Å². The third kappa shape index (κ3) is 1.56. The smallest absolute Gasteiger partial charge is 0.337 e. The Kier molecular flexibility index (Phi) is 2.49. The molecule has 1 N–H and O–H groups in total. The second-order valence-electron chi connectivity index (χ2n) is 4.04. The lowest BCUT2D eigenvalue weighted by molar-refractivity contribution is 0.0601. The summed E-state index contributed by atoms with van der Waals surface area (Å²) in [5, 5.41) is 2.68. The molecule has 0 aliphatic heterocycles. The quantitative estimate of drug-likeness (QED) is 0.676. The van der Waals surface area contributed by atoms with E-state index in [1.54, 1.807) is 12.1 Å². The highest BCUT2D eigenvalue weighted by molar-refractivity contribution is 6.38. The molecular weight excluding hydrogens is 250 g/mol. The molecule has 0 aliphatic carbocycles. The zero-order valence-electron chi connectivity index (χ0n) is 9.66. The molecule has 3 aromatic rings. The third-order valence-electron chi connectivity index (χ3n) is 2.99. The van der Waals surface area contributed by atoms with Crippen LogP contribution in [0.5, 0.6) is 0 Å². The van der Waals surface area contributed by atoms with E-state index in [9.17, 15) is 4.79 Å². The second kappa shape index (κ2) is 4.03. The van der Waals surface area contributed by atoms with Crippen molar-refractivity contribution >= 4 is 39.4 Å². The monoisotopic (exact) mass is 259 g/mol. The van der Waals surface area contributed by atoms with Gasteiger partial charge in [-0.2, -0.15) is 0 Å². The number of rotatable bonds is 1. The summed E-state index contributed by atoms with van der Waals surface area (Å²) in [7, 11) is 1.37. The van der Waals surface area contributed by atoms with Crippen molar-refractivity contribution in [3.63, 3.8) is 0 Å². The van der Waals surface area contributed by atoms with Crippen molar-refractivity contribution in [3.8, 4) is 0 Å². The first kappa shape index (κ1) is 11.1. The van der Waals surface area contributed by atoms with Crippen molar-refractivity contribution in [1.29, 1.82) is 0 Å². The Balaban J connectivity index is 2.34. The number of H-pyrrole nitrogens is 1. The van der Waals surface area contributed by atoms with Crippen LogP contribution in [0.25, 0.3) is 21.8 Å². The van der Waals surface area contributed by atoms with Gasteiger partial charge in [-0.1, -0.05) is 23.7 Å². The SMILES string of the molecule is COC(=O)c1ccc2c(c1)[nH]c1cccc(Cl)c12. The maximum absolute atomic E-state index is 11.5. The van der Waals surface area contributed by atoms with Gasteiger partial charge in [0.05, 0.1) is 17.7 Å². The van der Waals surface area contributed by atoms with E-state index < -0.39 is 0 Å². The highest BCUT2D eigenvalue weighted by Crippen LogP contribution is 2.31. The number of carbonyl (C=O) groups is 1. The summed E-state index contributed by atoms with van der Waals surface area (Å²) in [5.41, 5.74) is 2.35. The zero-order valence-corrected chi connectivity index (χ0v) is 10.4. The van der Waals surface area contributed by atoms with Gasteiger partial charge in [0.1, 0.15) is 0 Å². The minimum atomic E-state index is -0.346. The van der Waals surface area contributed by atoms with Crippen molar-refractivity contribution in [3.05, 3.63) is 47.0 Å². The predicted octanol–water partition coefficient (Wildman–Crippen LogP) is 3.76. The van der Waals surface area contributed by atoms with Crippen molar-refractivity contribution in [2.75, 3.05) is 7.11 Å². The van der Waals surface area contributed by atoms with E-state index in [0.717, 1.165) is 21.8 Å². The number of aromatic nitrogens is 1. The number of hydrogen-bond donors (Lipinski definition) is 1. The lowest BCUT2D eigenvalue weighted by Crippen LogP contribution is -2.00. The van der Waals surface area contributed by atoms with Crippen LogP contribution in [0.1, 0.15) is 10.4 Å².